The van der Waals surface area contributed by atoms with E-state index in [1.54, 1.807) is 25.1 Å². The maximum atomic E-state index is 12.1. The van der Waals surface area contributed by atoms with Gasteiger partial charge in [0.1, 0.15) is 0 Å². The highest BCUT2D eigenvalue weighted by Gasteiger charge is 2.16. The summed E-state index contributed by atoms with van der Waals surface area (Å²) in [5.41, 5.74) is 0.290. The summed E-state index contributed by atoms with van der Waals surface area (Å²) < 4.78 is 0. The van der Waals surface area contributed by atoms with Crippen molar-refractivity contribution in [3.05, 3.63) is 33.6 Å². The first-order chi connectivity index (χ1) is 10.9. The first-order valence-corrected chi connectivity index (χ1v) is 8.76. The summed E-state index contributed by atoms with van der Waals surface area (Å²) in [4.78, 5) is 31.2. The van der Waals surface area contributed by atoms with E-state index >= 15 is 0 Å². The summed E-state index contributed by atoms with van der Waals surface area (Å²) in [5, 5.41) is 3.96. The molecule has 7 heteroatoms. The minimum absolute atomic E-state index is 0.0653. The number of rotatable bonds is 6. The van der Waals surface area contributed by atoms with E-state index in [2.05, 4.69) is 29.1 Å². The molecule has 0 bridgehead atoms. The fourth-order valence-electron chi connectivity index (χ4n) is 2.00. The predicted molar refractivity (Wildman–Crippen MR) is 95.2 cm³/mol. The maximum absolute atomic E-state index is 12.1. The van der Waals surface area contributed by atoms with Crippen LogP contribution in [0.4, 0.5) is 0 Å². The summed E-state index contributed by atoms with van der Waals surface area (Å²) >= 11 is 7.16. The number of nitrogens with one attached hydrogen (secondary N) is 2. The van der Waals surface area contributed by atoms with E-state index in [0.29, 0.717) is 33.5 Å². The number of aromatic nitrogens is 2. The van der Waals surface area contributed by atoms with Crippen LogP contribution in [-0.2, 0) is 4.79 Å². The van der Waals surface area contributed by atoms with Crippen molar-refractivity contribution in [1.82, 2.24) is 15.3 Å². The summed E-state index contributed by atoms with van der Waals surface area (Å²) in [5.74, 6) is 0.478. The van der Waals surface area contributed by atoms with Gasteiger partial charge in [0.05, 0.1) is 16.2 Å². The highest BCUT2D eigenvalue weighted by Crippen LogP contribution is 2.21. The number of nitrogens with zero attached hydrogens (tertiary/aromatic N) is 1. The molecule has 5 nitrogen and oxygen atoms in total. The van der Waals surface area contributed by atoms with Gasteiger partial charge in [-0.05, 0) is 37.5 Å². The Morgan fingerprint density at radius 2 is 2.13 bits per heavy atom. The molecular weight excluding hydrogens is 334 g/mol. The topological polar surface area (TPSA) is 74.8 Å². The van der Waals surface area contributed by atoms with E-state index < -0.39 is 0 Å². The first kappa shape index (κ1) is 17.8. The van der Waals surface area contributed by atoms with Crippen molar-refractivity contribution in [2.75, 3.05) is 6.54 Å². The molecule has 2 N–H and O–H groups in total. The van der Waals surface area contributed by atoms with Crippen LogP contribution in [-0.4, -0.2) is 27.7 Å². The molecular formula is C16H20ClN3O2S. The number of amides is 1. The molecule has 1 atom stereocenters. The Bertz CT molecular complexity index is 761. The van der Waals surface area contributed by atoms with Crippen molar-refractivity contribution in [1.29, 1.82) is 0 Å². The summed E-state index contributed by atoms with van der Waals surface area (Å²) in [6.07, 6.45) is 0.937. The van der Waals surface area contributed by atoms with Crippen LogP contribution >= 0.6 is 23.4 Å². The Labute approximate surface area is 144 Å². The molecule has 0 saturated heterocycles. The molecule has 0 aliphatic carbocycles. The van der Waals surface area contributed by atoms with Crippen LogP contribution in [0, 0.1) is 5.92 Å². The van der Waals surface area contributed by atoms with Crippen molar-refractivity contribution < 1.29 is 4.79 Å². The summed E-state index contributed by atoms with van der Waals surface area (Å²) in [6.45, 7) is 6.66. The number of benzene rings is 1. The second kappa shape index (κ2) is 7.84. The molecule has 0 fully saturated rings. The van der Waals surface area contributed by atoms with Gasteiger partial charge in [-0.1, -0.05) is 37.2 Å². The average Bonchev–Trinajstić information content (AvgIpc) is 2.46. The summed E-state index contributed by atoms with van der Waals surface area (Å²) in [6, 6.07) is 4.93. The molecule has 0 spiro atoms. The molecule has 124 valence electrons. The lowest BCUT2D eigenvalue weighted by atomic mass is 10.1. The van der Waals surface area contributed by atoms with Gasteiger partial charge < -0.3 is 10.3 Å². The Hall–Kier alpha value is -1.53. The van der Waals surface area contributed by atoms with Gasteiger partial charge in [-0.3, -0.25) is 9.59 Å². The molecule has 2 aromatic rings. The molecule has 1 amide bonds. The smallest absolute Gasteiger partial charge is 0.259 e. The van der Waals surface area contributed by atoms with Gasteiger partial charge in [0, 0.05) is 11.6 Å². The van der Waals surface area contributed by atoms with Gasteiger partial charge in [-0.25, -0.2) is 4.98 Å². The second-order valence-electron chi connectivity index (χ2n) is 5.77. The molecule has 0 unspecified atom stereocenters. The largest absolute Gasteiger partial charge is 0.355 e. The Morgan fingerprint density at radius 3 is 2.83 bits per heavy atom. The van der Waals surface area contributed by atoms with Gasteiger partial charge in [0.25, 0.3) is 5.56 Å². The number of thioether (sulfide) groups is 1. The molecule has 23 heavy (non-hydrogen) atoms. The van der Waals surface area contributed by atoms with Gasteiger partial charge in [0.15, 0.2) is 5.16 Å². The van der Waals surface area contributed by atoms with Crippen LogP contribution in [0.5, 0.6) is 0 Å². The Morgan fingerprint density at radius 1 is 1.39 bits per heavy atom. The maximum Gasteiger partial charge on any atom is 0.259 e. The third kappa shape index (κ3) is 4.97. The highest BCUT2D eigenvalue weighted by atomic mass is 35.5. The van der Waals surface area contributed by atoms with E-state index in [1.807, 2.05) is 0 Å². The lowest BCUT2D eigenvalue weighted by Crippen LogP contribution is -2.32. The zero-order valence-corrected chi connectivity index (χ0v) is 14.9. The van der Waals surface area contributed by atoms with E-state index in [-0.39, 0.29) is 16.7 Å². The number of H-pyrrole nitrogens is 1. The van der Waals surface area contributed by atoms with Crippen LogP contribution in [0.25, 0.3) is 10.9 Å². The molecule has 0 saturated carbocycles. The van der Waals surface area contributed by atoms with Crippen LogP contribution in [0.3, 0.4) is 0 Å². The standard InChI is InChI=1S/C16H20ClN3O2S/c1-9(2)6-7-18-14(21)10(3)23-16-19-13-8-11(17)4-5-12(13)15(22)20-16/h4-5,8-10H,6-7H2,1-3H3,(H,18,21)(H,19,20,22)/t10-/m0/s1. The second-order valence-corrected chi connectivity index (χ2v) is 7.53. The molecule has 2 rings (SSSR count). The van der Waals surface area contributed by atoms with E-state index in [9.17, 15) is 9.59 Å². The number of hydrogen-bond donors (Lipinski definition) is 2. The third-order valence-electron chi connectivity index (χ3n) is 3.33. The lowest BCUT2D eigenvalue weighted by Gasteiger charge is -2.12. The zero-order chi connectivity index (χ0) is 17.0. The zero-order valence-electron chi connectivity index (χ0n) is 13.4. The van der Waals surface area contributed by atoms with Crippen LogP contribution < -0.4 is 10.9 Å². The predicted octanol–water partition coefficient (Wildman–Crippen LogP) is 3.22. The van der Waals surface area contributed by atoms with Crippen LogP contribution in [0.15, 0.2) is 28.2 Å². The molecule has 1 aromatic carbocycles. The summed E-state index contributed by atoms with van der Waals surface area (Å²) in [7, 11) is 0. The average molecular weight is 354 g/mol. The van der Waals surface area contributed by atoms with E-state index in [4.69, 9.17) is 11.6 Å². The fourth-order valence-corrected chi connectivity index (χ4v) is 2.99. The molecule has 0 aliphatic rings. The van der Waals surface area contributed by atoms with Crippen LogP contribution in [0.2, 0.25) is 5.02 Å². The number of aromatic amines is 1. The van der Waals surface area contributed by atoms with Gasteiger partial charge in [0.2, 0.25) is 5.91 Å². The van der Waals surface area contributed by atoms with Gasteiger partial charge in [-0.15, -0.1) is 0 Å². The van der Waals surface area contributed by atoms with E-state index in [0.717, 1.165) is 6.42 Å². The lowest BCUT2D eigenvalue weighted by molar-refractivity contribution is -0.120. The van der Waals surface area contributed by atoms with Crippen molar-refractivity contribution in [2.24, 2.45) is 5.92 Å². The van der Waals surface area contributed by atoms with Gasteiger partial charge in [-0.2, -0.15) is 0 Å². The Balaban J connectivity index is 2.08. The van der Waals surface area contributed by atoms with Crippen molar-refractivity contribution in [2.45, 2.75) is 37.6 Å². The minimum atomic E-state index is -0.345. The highest BCUT2D eigenvalue weighted by molar-refractivity contribution is 8.00. The van der Waals surface area contributed by atoms with Crippen LogP contribution in [0.1, 0.15) is 27.2 Å². The number of halogens is 1. The van der Waals surface area contributed by atoms with Gasteiger partial charge >= 0.3 is 0 Å². The third-order valence-corrected chi connectivity index (χ3v) is 4.54. The quantitative estimate of drug-likeness (QED) is 0.617. The first-order valence-electron chi connectivity index (χ1n) is 7.50. The van der Waals surface area contributed by atoms with Crippen molar-refractivity contribution in [3.63, 3.8) is 0 Å². The normalized spacial score (nSPS) is 12.6. The molecule has 0 radical (unpaired) electrons. The monoisotopic (exact) mass is 353 g/mol. The van der Waals surface area contributed by atoms with Crippen molar-refractivity contribution in [3.8, 4) is 0 Å². The molecule has 0 aliphatic heterocycles. The molecule has 1 heterocycles. The number of hydrogen-bond acceptors (Lipinski definition) is 4. The fraction of sp³-hybridized carbons (Fsp3) is 0.438. The number of carbonyl (C=O) groups excluding carboxylic acids is 1. The van der Waals surface area contributed by atoms with E-state index in [1.165, 1.54) is 11.8 Å². The van der Waals surface area contributed by atoms with Crippen molar-refractivity contribution >= 4 is 40.2 Å². The SMILES string of the molecule is CC(C)CCNC(=O)[C@H](C)Sc1nc2cc(Cl)ccc2c(=O)[nH]1. The molecule has 1 aromatic heterocycles. The number of fused-ring (bicyclic) bond motifs is 1. The Kier molecular flexibility index (Phi) is 6.07. The number of carbonyl (C=O) groups is 1. The minimum Gasteiger partial charge on any atom is -0.355 e.